The van der Waals surface area contributed by atoms with Crippen molar-refractivity contribution in [1.82, 2.24) is 0 Å². The number of esters is 1. The van der Waals surface area contributed by atoms with Crippen LogP contribution in [0.4, 0.5) is 0 Å². The van der Waals surface area contributed by atoms with Crippen LogP contribution in [0.3, 0.4) is 0 Å². The summed E-state index contributed by atoms with van der Waals surface area (Å²) in [5.41, 5.74) is 2.78. The van der Waals surface area contributed by atoms with E-state index in [2.05, 4.69) is 26.0 Å². The van der Waals surface area contributed by atoms with E-state index in [1.807, 2.05) is 24.3 Å². The molecule has 29 heavy (non-hydrogen) atoms. The average molecular weight is 395 g/mol. The van der Waals surface area contributed by atoms with Crippen LogP contribution in [0.2, 0.25) is 0 Å². The van der Waals surface area contributed by atoms with Gasteiger partial charge in [0.05, 0.1) is 18.8 Å². The maximum atomic E-state index is 12.5. The van der Waals surface area contributed by atoms with Crippen molar-refractivity contribution in [2.24, 2.45) is 11.8 Å². The summed E-state index contributed by atoms with van der Waals surface area (Å²) in [6, 6.07) is 15.3. The molecule has 0 spiro atoms. The van der Waals surface area contributed by atoms with Crippen LogP contribution in [0.1, 0.15) is 73.2 Å². The molecule has 1 heterocycles. The summed E-state index contributed by atoms with van der Waals surface area (Å²) in [6.07, 6.45) is 4.74. The van der Waals surface area contributed by atoms with Gasteiger partial charge in [-0.2, -0.15) is 0 Å². The van der Waals surface area contributed by atoms with E-state index in [1.54, 1.807) is 12.1 Å². The Hall–Kier alpha value is -2.17. The van der Waals surface area contributed by atoms with Crippen molar-refractivity contribution in [3.05, 3.63) is 65.2 Å². The summed E-state index contributed by atoms with van der Waals surface area (Å²) < 4.78 is 17.0. The maximum absolute atomic E-state index is 12.5. The Kier molecular flexibility index (Phi) is 6.31. The lowest BCUT2D eigenvalue weighted by atomic mass is 9.79. The fourth-order valence-electron chi connectivity index (χ4n) is 4.14. The number of carbonyl (C=O) groups excluding carboxylic acids is 1. The second-order valence-electron chi connectivity index (χ2n) is 8.64. The van der Waals surface area contributed by atoms with Crippen LogP contribution in [0.15, 0.2) is 48.5 Å². The minimum absolute atomic E-state index is 0.352. The standard InChI is InChI=1S/C25H30O4/c1-17-3-5-19(6-4-17)20-11-13-23(14-12-20)29-24(26)21-7-9-22(10-8-21)25-27-15-18(2)16-28-25/h7-14,17-19,25H,3-6,15-16H2,1-2H3. The number of rotatable bonds is 4. The number of hydrogen-bond acceptors (Lipinski definition) is 4. The van der Waals surface area contributed by atoms with Gasteiger partial charge in [0, 0.05) is 11.5 Å². The summed E-state index contributed by atoms with van der Waals surface area (Å²) in [6.45, 7) is 5.80. The van der Waals surface area contributed by atoms with Gasteiger partial charge in [-0.3, -0.25) is 0 Å². The Labute approximate surface area is 173 Å². The van der Waals surface area contributed by atoms with Crippen LogP contribution in [0.25, 0.3) is 0 Å². The summed E-state index contributed by atoms with van der Waals surface area (Å²) >= 11 is 0. The van der Waals surface area contributed by atoms with Crippen LogP contribution in [0.5, 0.6) is 5.75 Å². The average Bonchev–Trinajstić information content (AvgIpc) is 2.76. The van der Waals surface area contributed by atoms with Crippen molar-refractivity contribution in [2.45, 2.75) is 51.7 Å². The lowest BCUT2D eigenvalue weighted by molar-refractivity contribution is -0.202. The van der Waals surface area contributed by atoms with Gasteiger partial charge in [-0.15, -0.1) is 0 Å². The van der Waals surface area contributed by atoms with E-state index >= 15 is 0 Å². The minimum Gasteiger partial charge on any atom is -0.423 e. The van der Waals surface area contributed by atoms with Gasteiger partial charge in [-0.25, -0.2) is 4.79 Å². The van der Waals surface area contributed by atoms with Crippen molar-refractivity contribution < 1.29 is 19.0 Å². The molecule has 2 aromatic carbocycles. The summed E-state index contributed by atoms with van der Waals surface area (Å²) in [7, 11) is 0. The monoisotopic (exact) mass is 394 g/mol. The van der Waals surface area contributed by atoms with Gasteiger partial charge in [0.2, 0.25) is 0 Å². The Bertz CT molecular complexity index is 796. The van der Waals surface area contributed by atoms with Crippen molar-refractivity contribution in [3.63, 3.8) is 0 Å². The SMILES string of the molecule is CC1CCC(c2ccc(OC(=O)c3ccc(C4OCC(C)CO4)cc3)cc2)CC1. The fourth-order valence-corrected chi connectivity index (χ4v) is 4.14. The van der Waals surface area contributed by atoms with Crippen LogP contribution in [-0.2, 0) is 9.47 Å². The lowest BCUT2D eigenvalue weighted by Gasteiger charge is -2.27. The molecule has 0 N–H and O–H groups in total. The fraction of sp³-hybridized carbons (Fsp3) is 0.480. The van der Waals surface area contributed by atoms with Crippen molar-refractivity contribution in [3.8, 4) is 5.75 Å². The second kappa shape index (κ2) is 9.10. The van der Waals surface area contributed by atoms with Gasteiger partial charge < -0.3 is 14.2 Å². The maximum Gasteiger partial charge on any atom is 0.343 e. The van der Waals surface area contributed by atoms with Gasteiger partial charge >= 0.3 is 5.97 Å². The first-order valence-electron chi connectivity index (χ1n) is 10.7. The molecule has 1 aliphatic heterocycles. The predicted octanol–water partition coefficient (Wildman–Crippen LogP) is 5.88. The van der Waals surface area contributed by atoms with Gasteiger partial charge in [0.15, 0.2) is 6.29 Å². The van der Waals surface area contributed by atoms with E-state index in [9.17, 15) is 4.79 Å². The highest BCUT2D eigenvalue weighted by Crippen LogP contribution is 2.36. The van der Waals surface area contributed by atoms with Crippen LogP contribution >= 0.6 is 0 Å². The Morgan fingerprint density at radius 2 is 1.38 bits per heavy atom. The van der Waals surface area contributed by atoms with E-state index in [1.165, 1.54) is 31.2 Å². The third-order valence-corrected chi connectivity index (χ3v) is 6.06. The zero-order valence-electron chi connectivity index (χ0n) is 17.3. The quantitative estimate of drug-likeness (QED) is 0.480. The van der Waals surface area contributed by atoms with Crippen LogP contribution in [0, 0.1) is 11.8 Å². The molecule has 1 saturated heterocycles. The highest BCUT2D eigenvalue weighted by Gasteiger charge is 2.22. The normalized spacial score (nSPS) is 27.4. The highest BCUT2D eigenvalue weighted by molar-refractivity contribution is 5.91. The van der Waals surface area contributed by atoms with Gasteiger partial charge in [-0.05, 0) is 54.5 Å². The number of carbonyl (C=O) groups is 1. The first kappa shape index (κ1) is 20.1. The second-order valence-corrected chi connectivity index (χ2v) is 8.64. The first-order chi connectivity index (χ1) is 14.1. The molecule has 0 unspecified atom stereocenters. The third-order valence-electron chi connectivity index (χ3n) is 6.06. The van der Waals surface area contributed by atoms with E-state index in [0.29, 0.717) is 36.4 Å². The molecule has 2 aliphatic rings. The third kappa shape index (κ3) is 5.06. The van der Waals surface area contributed by atoms with E-state index < -0.39 is 0 Å². The van der Waals surface area contributed by atoms with Crippen molar-refractivity contribution in [2.75, 3.05) is 13.2 Å². The summed E-state index contributed by atoms with van der Waals surface area (Å²) in [5.74, 6) is 2.12. The van der Waals surface area contributed by atoms with Gasteiger partial charge in [0.1, 0.15) is 5.75 Å². The molecule has 4 heteroatoms. The molecular weight excluding hydrogens is 364 g/mol. The molecule has 1 aliphatic carbocycles. The molecule has 1 saturated carbocycles. The Morgan fingerprint density at radius 1 is 0.793 bits per heavy atom. The van der Waals surface area contributed by atoms with Gasteiger partial charge in [0.25, 0.3) is 0 Å². The number of ether oxygens (including phenoxy) is 3. The predicted molar refractivity (Wildman–Crippen MR) is 112 cm³/mol. The first-order valence-corrected chi connectivity index (χ1v) is 10.7. The molecule has 154 valence electrons. The van der Waals surface area contributed by atoms with Crippen LogP contribution in [-0.4, -0.2) is 19.2 Å². The zero-order chi connectivity index (χ0) is 20.2. The van der Waals surface area contributed by atoms with Crippen molar-refractivity contribution >= 4 is 5.97 Å². The highest BCUT2D eigenvalue weighted by atomic mass is 16.7. The molecule has 0 radical (unpaired) electrons. The van der Waals surface area contributed by atoms with Crippen molar-refractivity contribution in [1.29, 1.82) is 0 Å². The molecular formula is C25H30O4. The lowest BCUT2D eigenvalue weighted by Crippen LogP contribution is -2.25. The van der Waals surface area contributed by atoms with E-state index in [-0.39, 0.29) is 12.3 Å². The number of benzene rings is 2. The molecule has 0 aromatic heterocycles. The Morgan fingerprint density at radius 3 is 2.00 bits per heavy atom. The topological polar surface area (TPSA) is 44.8 Å². The molecule has 0 atom stereocenters. The summed E-state index contributed by atoms with van der Waals surface area (Å²) in [5, 5.41) is 0. The molecule has 0 bridgehead atoms. The molecule has 2 fully saturated rings. The zero-order valence-corrected chi connectivity index (χ0v) is 17.3. The molecule has 4 nitrogen and oxygen atoms in total. The van der Waals surface area contributed by atoms with E-state index in [0.717, 1.165) is 11.5 Å². The molecule has 4 rings (SSSR count). The molecule has 0 amide bonds. The van der Waals surface area contributed by atoms with E-state index in [4.69, 9.17) is 14.2 Å². The Balaban J connectivity index is 1.34. The number of hydrogen-bond donors (Lipinski definition) is 0. The smallest absolute Gasteiger partial charge is 0.343 e. The molecule has 2 aromatic rings. The minimum atomic E-state index is -0.355. The van der Waals surface area contributed by atoms with Gasteiger partial charge in [-0.1, -0.05) is 51.0 Å². The van der Waals surface area contributed by atoms with Crippen LogP contribution < -0.4 is 4.74 Å². The largest absolute Gasteiger partial charge is 0.423 e. The summed E-state index contributed by atoms with van der Waals surface area (Å²) in [4.78, 5) is 12.5.